The molecular weight excluding hydrogens is 597 g/mol. The Hall–Kier alpha value is -2.51. The standard InChI is InChI=1S/C27H29Cl2N3O6S2/c1-20-2-7-23(8-3-20)40(36,37)32(18-22-6-11-25(28)26(29)16-22)19-27(33)30-17-21-4-9-24(10-5-21)39(34,35)31-12-14-38-15-13-31/h2-11,16H,12-15,17-19H2,1H3,(H,30,33). The van der Waals surface area contributed by atoms with Crippen LogP contribution in [0.15, 0.2) is 76.5 Å². The van der Waals surface area contributed by atoms with Gasteiger partial charge >= 0.3 is 0 Å². The van der Waals surface area contributed by atoms with E-state index in [9.17, 15) is 21.6 Å². The third kappa shape index (κ3) is 7.41. The van der Waals surface area contributed by atoms with Crippen LogP contribution in [0.1, 0.15) is 16.7 Å². The molecule has 0 bridgehead atoms. The highest BCUT2D eigenvalue weighted by atomic mass is 35.5. The summed E-state index contributed by atoms with van der Waals surface area (Å²) < 4.78 is 60.3. The molecule has 1 fully saturated rings. The van der Waals surface area contributed by atoms with Gasteiger partial charge in [0.15, 0.2) is 0 Å². The number of sulfonamides is 2. The third-order valence-corrected chi connectivity index (χ3v) is 10.8. The number of benzene rings is 3. The van der Waals surface area contributed by atoms with Crippen molar-refractivity contribution >= 4 is 49.2 Å². The minimum Gasteiger partial charge on any atom is -0.379 e. The maximum atomic E-state index is 13.5. The molecule has 0 radical (unpaired) electrons. The summed E-state index contributed by atoms with van der Waals surface area (Å²) in [5.74, 6) is -0.527. The van der Waals surface area contributed by atoms with Gasteiger partial charge in [-0.25, -0.2) is 16.8 Å². The van der Waals surface area contributed by atoms with Crippen molar-refractivity contribution in [3.8, 4) is 0 Å². The number of carbonyl (C=O) groups excluding carboxylic acids is 1. The van der Waals surface area contributed by atoms with Gasteiger partial charge in [0.25, 0.3) is 0 Å². The molecule has 1 aliphatic heterocycles. The number of nitrogens with one attached hydrogen (secondary N) is 1. The smallest absolute Gasteiger partial charge is 0.243 e. The van der Waals surface area contributed by atoms with Gasteiger partial charge in [0.2, 0.25) is 26.0 Å². The third-order valence-electron chi connectivity index (χ3n) is 6.34. The predicted molar refractivity (Wildman–Crippen MR) is 153 cm³/mol. The van der Waals surface area contributed by atoms with Crippen molar-refractivity contribution in [1.82, 2.24) is 13.9 Å². The number of nitrogens with zero attached hydrogens (tertiary/aromatic N) is 2. The number of aryl methyl sites for hydroxylation is 1. The van der Waals surface area contributed by atoms with Gasteiger partial charge in [0.1, 0.15) is 0 Å². The molecule has 0 aromatic heterocycles. The van der Waals surface area contributed by atoms with E-state index in [1.807, 2.05) is 6.92 Å². The number of halogens is 2. The fraction of sp³-hybridized carbons (Fsp3) is 0.296. The molecule has 0 spiro atoms. The van der Waals surface area contributed by atoms with E-state index in [1.165, 1.54) is 28.6 Å². The second-order valence-corrected chi connectivity index (χ2v) is 14.0. The molecule has 1 amide bonds. The van der Waals surface area contributed by atoms with Crippen molar-refractivity contribution < 1.29 is 26.4 Å². The van der Waals surface area contributed by atoms with Crippen LogP contribution in [0.4, 0.5) is 0 Å². The highest BCUT2D eigenvalue weighted by molar-refractivity contribution is 7.89. The highest BCUT2D eigenvalue weighted by Gasteiger charge is 2.28. The molecule has 1 N–H and O–H groups in total. The van der Waals surface area contributed by atoms with Gasteiger partial charge in [-0.1, -0.05) is 59.1 Å². The van der Waals surface area contributed by atoms with Crippen LogP contribution in [0.3, 0.4) is 0 Å². The first-order valence-electron chi connectivity index (χ1n) is 12.4. The summed E-state index contributed by atoms with van der Waals surface area (Å²) in [6.45, 7) is 2.68. The van der Waals surface area contributed by atoms with Gasteiger partial charge in [0, 0.05) is 26.2 Å². The van der Waals surface area contributed by atoms with Crippen LogP contribution < -0.4 is 5.32 Å². The molecule has 0 atom stereocenters. The van der Waals surface area contributed by atoms with Crippen LogP contribution in [-0.2, 0) is 42.7 Å². The van der Waals surface area contributed by atoms with E-state index < -0.39 is 32.5 Å². The van der Waals surface area contributed by atoms with Crippen molar-refractivity contribution in [1.29, 1.82) is 0 Å². The summed E-state index contributed by atoms with van der Waals surface area (Å²) in [6.07, 6.45) is 0. The van der Waals surface area contributed by atoms with Gasteiger partial charge in [0.05, 0.1) is 39.6 Å². The summed E-state index contributed by atoms with van der Waals surface area (Å²) in [5, 5.41) is 3.33. The summed E-state index contributed by atoms with van der Waals surface area (Å²) in [6, 6.07) is 17.4. The predicted octanol–water partition coefficient (Wildman–Crippen LogP) is 3.83. The fourth-order valence-corrected chi connectivity index (χ4v) is 7.17. The first-order chi connectivity index (χ1) is 19.0. The van der Waals surface area contributed by atoms with E-state index >= 15 is 0 Å². The summed E-state index contributed by atoms with van der Waals surface area (Å²) in [4.78, 5) is 13.1. The SMILES string of the molecule is Cc1ccc(S(=O)(=O)N(CC(=O)NCc2ccc(S(=O)(=O)N3CCOCC3)cc2)Cc2ccc(Cl)c(Cl)c2)cc1. The Morgan fingerprint density at radius 2 is 1.48 bits per heavy atom. The van der Waals surface area contributed by atoms with E-state index in [0.717, 1.165) is 9.87 Å². The van der Waals surface area contributed by atoms with E-state index in [4.69, 9.17) is 27.9 Å². The maximum Gasteiger partial charge on any atom is 0.243 e. The molecule has 4 rings (SSSR count). The maximum absolute atomic E-state index is 13.5. The lowest BCUT2D eigenvalue weighted by molar-refractivity contribution is -0.121. The number of morpholine rings is 1. The zero-order valence-corrected chi connectivity index (χ0v) is 24.9. The summed E-state index contributed by atoms with van der Waals surface area (Å²) >= 11 is 12.1. The molecule has 214 valence electrons. The summed E-state index contributed by atoms with van der Waals surface area (Å²) in [5.41, 5.74) is 2.12. The molecule has 3 aromatic rings. The second-order valence-electron chi connectivity index (χ2n) is 9.27. The first kappa shape index (κ1) is 30.4. The van der Waals surface area contributed by atoms with Crippen molar-refractivity contribution in [2.75, 3.05) is 32.8 Å². The van der Waals surface area contributed by atoms with Crippen LogP contribution >= 0.6 is 23.2 Å². The molecule has 1 heterocycles. The Labute approximate surface area is 244 Å². The number of hydrogen-bond acceptors (Lipinski definition) is 6. The fourth-order valence-electron chi connectivity index (χ4n) is 4.06. The average molecular weight is 627 g/mol. The first-order valence-corrected chi connectivity index (χ1v) is 16.0. The van der Waals surface area contributed by atoms with Crippen molar-refractivity contribution in [2.45, 2.75) is 29.8 Å². The molecule has 40 heavy (non-hydrogen) atoms. The Morgan fingerprint density at radius 1 is 0.875 bits per heavy atom. The Morgan fingerprint density at radius 3 is 2.10 bits per heavy atom. The zero-order valence-electron chi connectivity index (χ0n) is 21.7. The van der Waals surface area contributed by atoms with Crippen LogP contribution in [-0.4, -0.2) is 64.2 Å². The highest BCUT2D eigenvalue weighted by Crippen LogP contribution is 2.25. The van der Waals surface area contributed by atoms with Gasteiger partial charge in [-0.15, -0.1) is 0 Å². The molecule has 13 heteroatoms. The molecule has 1 aliphatic rings. The van der Waals surface area contributed by atoms with E-state index in [2.05, 4.69) is 5.32 Å². The van der Waals surface area contributed by atoms with Crippen molar-refractivity contribution in [3.63, 3.8) is 0 Å². The monoisotopic (exact) mass is 625 g/mol. The van der Waals surface area contributed by atoms with Gasteiger partial charge in [-0.2, -0.15) is 8.61 Å². The number of ether oxygens (including phenoxy) is 1. The van der Waals surface area contributed by atoms with Crippen LogP contribution in [0.2, 0.25) is 10.0 Å². The molecule has 0 unspecified atom stereocenters. The lowest BCUT2D eigenvalue weighted by Gasteiger charge is -2.26. The number of hydrogen-bond donors (Lipinski definition) is 1. The van der Waals surface area contributed by atoms with Crippen molar-refractivity contribution in [2.24, 2.45) is 0 Å². The molecule has 0 saturated carbocycles. The lowest BCUT2D eigenvalue weighted by Crippen LogP contribution is -2.40. The van der Waals surface area contributed by atoms with Crippen molar-refractivity contribution in [3.05, 3.63) is 93.5 Å². The van der Waals surface area contributed by atoms with E-state index in [1.54, 1.807) is 42.5 Å². The van der Waals surface area contributed by atoms with Gasteiger partial charge < -0.3 is 10.1 Å². The Kier molecular flexibility index (Phi) is 9.89. The largest absolute Gasteiger partial charge is 0.379 e. The topological polar surface area (TPSA) is 113 Å². The molecule has 0 aliphatic carbocycles. The second kappa shape index (κ2) is 13.0. The van der Waals surface area contributed by atoms with E-state index in [0.29, 0.717) is 42.5 Å². The van der Waals surface area contributed by atoms with Gasteiger partial charge in [-0.3, -0.25) is 4.79 Å². The molecule has 1 saturated heterocycles. The Balaban J connectivity index is 1.46. The van der Waals surface area contributed by atoms with Crippen LogP contribution in [0.25, 0.3) is 0 Å². The number of carbonyl (C=O) groups is 1. The summed E-state index contributed by atoms with van der Waals surface area (Å²) in [7, 11) is -7.67. The Bertz CT molecular complexity index is 1560. The molecule has 3 aromatic carbocycles. The van der Waals surface area contributed by atoms with Crippen LogP contribution in [0.5, 0.6) is 0 Å². The number of amides is 1. The number of rotatable bonds is 10. The average Bonchev–Trinajstić information content (AvgIpc) is 2.94. The zero-order chi connectivity index (χ0) is 28.9. The lowest BCUT2D eigenvalue weighted by atomic mass is 10.2. The molecule has 9 nitrogen and oxygen atoms in total. The van der Waals surface area contributed by atoms with E-state index in [-0.39, 0.29) is 27.9 Å². The molecular formula is C27H29Cl2N3O6S2. The minimum atomic E-state index is -4.03. The van der Waals surface area contributed by atoms with Crippen LogP contribution in [0, 0.1) is 6.92 Å². The normalized spacial score (nSPS) is 14.8. The quantitative estimate of drug-likeness (QED) is 0.366. The minimum absolute atomic E-state index is 0.0584. The van der Waals surface area contributed by atoms with Gasteiger partial charge in [-0.05, 0) is 54.4 Å².